The minimum atomic E-state index is 0.236. The van der Waals surface area contributed by atoms with Gasteiger partial charge < -0.3 is 15.7 Å². The van der Waals surface area contributed by atoms with Gasteiger partial charge in [-0.15, -0.1) is 0 Å². The molecule has 20 heavy (non-hydrogen) atoms. The van der Waals surface area contributed by atoms with E-state index in [9.17, 15) is 0 Å². The van der Waals surface area contributed by atoms with E-state index in [0.717, 1.165) is 18.5 Å². The van der Waals surface area contributed by atoms with E-state index in [4.69, 9.17) is 15.7 Å². The van der Waals surface area contributed by atoms with Crippen LogP contribution in [0.1, 0.15) is 31.4 Å². The summed E-state index contributed by atoms with van der Waals surface area (Å²) in [5.74, 6) is 0.845. The van der Waals surface area contributed by atoms with E-state index in [1.54, 1.807) is 7.11 Å². The van der Waals surface area contributed by atoms with Gasteiger partial charge in [0.05, 0.1) is 19.3 Å². The fourth-order valence-corrected chi connectivity index (χ4v) is 2.69. The lowest BCUT2D eigenvalue weighted by molar-refractivity contribution is 0.211. The molecule has 1 aliphatic rings. The Labute approximate surface area is 119 Å². The van der Waals surface area contributed by atoms with Crippen LogP contribution in [-0.2, 0) is 6.54 Å². The lowest BCUT2D eigenvalue weighted by Crippen LogP contribution is -2.39. The molecule has 1 aromatic rings. The third-order valence-corrected chi connectivity index (χ3v) is 3.69. The van der Waals surface area contributed by atoms with Crippen molar-refractivity contribution in [1.82, 2.24) is 9.88 Å². The molecule has 1 saturated carbocycles. The molecule has 0 atom stereocenters. The van der Waals surface area contributed by atoms with Gasteiger partial charge in [0.1, 0.15) is 0 Å². The second-order valence-corrected chi connectivity index (χ2v) is 5.11. The summed E-state index contributed by atoms with van der Waals surface area (Å²) in [6.07, 6.45) is 4.79. The standard InChI is InChI=1S/C14H22N4O2/c1-20-14-8-4-5-11(16-14)9-18(10-13(15)17-19)12-6-2-3-7-12/h4-5,8,12,19H,2-3,6-7,9-10H2,1H3,(H2,15,17). The number of amidine groups is 1. The van der Waals surface area contributed by atoms with Gasteiger partial charge >= 0.3 is 0 Å². The normalized spacial score (nSPS) is 16.8. The van der Waals surface area contributed by atoms with Crippen molar-refractivity contribution in [2.45, 2.75) is 38.3 Å². The van der Waals surface area contributed by atoms with E-state index in [0.29, 0.717) is 25.0 Å². The van der Waals surface area contributed by atoms with Crippen LogP contribution in [0.4, 0.5) is 0 Å². The fourth-order valence-electron chi connectivity index (χ4n) is 2.69. The van der Waals surface area contributed by atoms with Crippen molar-refractivity contribution in [2.24, 2.45) is 10.9 Å². The van der Waals surface area contributed by atoms with E-state index in [1.165, 1.54) is 12.8 Å². The first kappa shape index (κ1) is 14.6. The molecule has 0 amide bonds. The summed E-state index contributed by atoms with van der Waals surface area (Å²) in [5.41, 5.74) is 6.60. The summed E-state index contributed by atoms with van der Waals surface area (Å²) in [6, 6.07) is 6.20. The third kappa shape index (κ3) is 3.84. The fraction of sp³-hybridized carbons (Fsp3) is 0.571. The minimum absolute atomic E-state index is 0.236. The van der Waals surface area contributed by atoms with E-state index in [1.807, 2.05) is 18.2 Å². The molecule has 3 N–H and O–H groups in total. The number of oxime groups is 1. The largest absolute Gasteiger partial charge is 0.481 e. The number of hydrogen-bond donors (Lipinski definition) is 2. The highest BCUT2D eigenvalue weighted by Gasteiger charge is 2.23. The van der Waals surface area contributed by atoms with Gasteiger partial charge in [-0.3, -0.25) is 4.90 Å². The molecule has 1 heterocycles. The Morgan fingerprint density at radius 2 is 2.25 bits per heavy atom. The highest BCUT2D eigenvalue weighted by atomic mass is 16.5. The predicted molar refractivity (Wildman–Crippen MR) is 76.9 cm³/mol. The van der Waals surface area contributed by atoms with E-state index < -0.39 is 0 Å². The molecule has 1 aromatic heterocycles. The van der Waals surface area contributed by atoms with Crippen LogP contribution >= 0.6 is 0 Å². The van der Waals surface area contributed by atoms with Crippen LogP contribution < -0.4 is 10.5 Å². The average Bonchev–Trinajstić information content (AvgIpc) is 3.00. The van der Waals surface area contributed by atoms with Gasteiger partial charge in [0.2, 0.25) is 5.88 Å². The van der Waals surface area contributed by atoms with Crippen molar-refractivity contribution in [3.63, 3.8) is 0 Å². The number of aromatic nitrogens is 1. The minimum Gasteiger partial charge on any atom is -0.481 e. The zero-order chi connectivity index (χ0) is 14.4. The van der Waals surface area contributed by atoms with Crippen LogP contribution in [0.2, 0.25) is 0 Å². The van der Waals surface area contributed by atoms with Crippen LogP contribution in [-0.4, -0.2) is 40.6 Å². The molecular formula is C14H22N4O2. The number of rotatable bonds is 6. The van der Waals surface area contributed by atoms with Gasteiger partial charge in [-0.2, -0.15) is 0 Å². The molecule has 0 spiro atoms. The Bertz CT molecular complexity index is 458. The van der Waals surface area contributed by atoms with Crippen LogP contribution in [0.25, 0.3) is 0 Å². The Kier molecular flexibility index (Phi) is 5.17. The summed E-state index contributed by atoms with van der Waals surface area (Å²) in [7, 11) is 1.61. The second-order valence-electron chi connectivity index (χ2n) is 5.11. The molecule has 0 bridgehead atoms. The maximum Gasteiger partial charge on any atom is 0.213 e. The zero-order valence-electron chi connectivity index (χ0n) is 11.8. The Balaban J connectivity index is 2.09. The first-order valence-electron chi connectivity index (χ1n) is 6.93. The Morgan fingerprint density at radius 1 is 1.50 bits per heavy atom. The van der Waals surface area contributed by atoms with E-state index in [2.05, 4.69) is 15.0 Å². The molecular weight excluding hydrogens is 256 g/mol. The topological polar surface area (TPSA) is 84.0 Å². The molecule has 0 aromatic carbocycles. The van der Waals surface area contributed by atoms with Crippen molar-refractivity contribution in [3.05, 3.63) is 23.9 Å². The first-order chi connectivity index (χ1) is 9.72. The van der Waals surface area contributed by atoms with Gasteiger partial charge in [-0.25, -0.2) is 4.98 Å². The first-order valence-corrected chi connectivity index (χ1v) is 6.93. The smallest absolute Gasteiger partial charge is 0.213 e. The highest BCUT2D eigenvalue weighted by molar-refractivity contribution is 5.81. The van der Waals surface area contributed by atoms with Gasteiger partial charge in [0, 0.05) is 18.7 Å². The molecule has 0 aliphatic heterocycles. The maximum atomic E-state index is 8.78. The molecule has 110 valence electrons. The van der Waals surface area contributed by atoms with Gasteiger partial charge in [0.15, 0.2) is 5.84 Å². The van der Waals surface area contributed by atoms with Crippen LogP contribution in [0.5, 0.6) is 5.88 Å². The Hall–Kier alpha value is -1.82. The number of ether oxygens (including phenoxy) is 1. The average molecular weight is 278 g/mol. The summed E-state index contributed by atoms with van der Waals surface area (Å²) in [5, 5.41) is 11.9. The summed E-state index contributed by atoms with van der Waals surface area (Å²) in [6.45, 7) is 1.14. The molecule has 1 fully saturated rings. The van der Waals surface area contributed by atoms with Crippen LogP contribution in [0, 0.1) is 0 Å². The molecule has 6 heteroatoms. The van der Waals surface area contributed by atoms with Crippen molar-refractivity contribution in [2.75, 3.05) is 13.7 Å². The molecule has 2 rings (SSSR count). The van der Waals surface area contributed by atoms with Crippen LogP contribution in [0.3, 0.4) is 0 Å². The Morgan fingerprint density at radius 3 is 2.90 bits per heavy atom. The molecule has 0 saturated heterocycles. The molecule has 1 aliphatic carbocycles. The van der Waals surface area contributed by atoms with E-state index in [-0.39, 0.29) is 5.84 Å². The van der Waals surface area contributed by atoms with Gasteiger partial charge in [-0.1, -0.05) is 24.1 Å². The highest BCUT2D eigenvalue weighted by Crippen LogP contribution is 2.24. The maximum absolute atomic E-state index is 8.78. The van der Waals surface area contributed by atoms with Crippen molar-refractivity contribution in [1.29, 1.82) is 0 Å². The summed E-state index contributed by atoms with van der Waals surface area (Å²) in [4.78, 5) is 6.65. The SMILES string of the molecule is COc1cccc(CN(CC(N)=NO)C2CCCC2)n1. The van der Waals surface area contributed by atoms with Gasteiger partial charge in [-0.05, 0) is 18.9 Å². The predicted octanol–water partition coefficient (Wildman–Crippen LogP) is 1.58. The third-order valence-electron chi connectivity index (χ3n) is 3.69. The van der Waals surface area contributed by atoms with E-state index >= 15 is 0 Å². The molecule has 6 nitrogen and oxygen atoms in total. The monoisotopic (exact) mass is 278 g/mol. The summed E-state index contributed by atoms with van der Waals surface area (Å²) >= 11 is 0. The molecule has 0 unspecified atom stereocenters. The number of hydrogen-bond acceptors (Lipinski definition) is 5. The lowest BCUT2D eigenvalue weighted by atomic mass is 10.2. The van der Waals surface area contributed by atoms with Gasteiger partial charge in [0.25, 0.3) is 0 Å². The molecule has 0 radical (unpaired) electrons. The number of pyridine rings is 1. The van der Waals surface area contributed by atoms with Crippen LogP contribution in [0.15, 0.2) is 23.4 Å². The van der Waals surface area contributed by atoms with Crippen molar-refractivity contribution in [3.8, 4) is 5.88 Å². The quantitative estimate of drug-likeness (QED) is 0.357. The van der Waals surface area contributed by atoms with Crippen molar-refractivity contribution < 1.29 is 9.94 Å². The number of methoxy groups -OCH3 is 1. The second kappa shape index (κ2) is 7.09. The zero-order valence-corrected chi connectivity index (χ0v) is 11.8. The summed E-state index contributed by atoms with van der Waals surface area (Å²) < 4.78 is 5.15. The number of nitrogens with zero attached hydrogens (tertiary/aromatic N) is 3. The van der Waals surface area contributed by atoms with Crippen molar-refractivity contribution >= 4 is 5.84 Å². The lowest BCUT2D eigenvalue weighted by Gasteiger charge is -2.27. The number of nitrogens with two attached hydrogens (primary N) is 1.